The molecule has 0 saturated heterocycles. The third kappa shape index (κ3) is 3.05. The summed E-state index contributed by atoms with van der Waals surface area (Å²) >= 11 is 8.85. The van der Waals surface area contributed by atoms with Crippen molar-refractivity contribution in [3.63, 3.8) is 0 Å². The number of nitrogens with one attached hydrogen (secondary N) is 1. The SMILES string of the molecule is CN(Cc1ncc[nH]1)S(=O)(=O)c1cc(Cl)c(Br)c(N)c1F. The van der Waals surface area contributed by atoms with Gasteiger partial charge in [0.2, 0.25) is 10.0 Å². The fraction of sp³-hybridized carbons (Fsp3) is 0.182. The number of hydrogen-bond acceptors (Lipinski definition) is 4. The van der Waals surface area contributed by atoms with Crippen molar-refractivity contribution in [3.05, 3.63) is 39.6 Å². The van der Waals surface area contributed by atoms with Crippen LogP contribution in [0.4, 0.5) is 10.1 Å². The van der Waals surface area contributed by atoms with Gasteiger partial charge in [-0.3, -0.25) is 0 Å². The molecule has 0 bridgehead atoms. The van der Waals surface area contributed by atoms with Gasteiger partial charge in [0.15, 0.2) is 5.82 Å². The van der Waals surface area contributed by atoms with E-state index < -0.39 is 20.7 Å². The Labute approximate surface area is 134 Å². The number of H-pyrrole nitrogens is 1. The van der Waals surface area contributed by atoms with Gasteiger partial charge in [0, 0.05) is 19.4 Å². The van der Waals surface area contributed by atoms with Gasteiger partial charge in [0.1, 0.15) is 10.7 Å². The number of aromatic amines is 1. The van der Waals surface area contributed by atoms with Crippen molar-refractivity contribution < 1.29 is 12.8 Å². The number of nitrogens with two attached hydrogens (primary N) is 1. The normalized spacial score (nSPS) is 12.0. The standard InChI is InChI=1S/C11H11BrClFN4O2S/c1-18(5-8-16-2-3-17-8)21(19,20)7-4-6(13)9(12)11(15)10(7)14/h2-4H,5,15H2,1H3,(H,16,17). The van der Waals surface area contributed by atoms with Crippen molar-refractivity contribution in [2.45, 2.75) is 11.4 Å². The largest absolute Gasteiger partial charge is 0.395 e. The fourth-order valence-corrected chi connectivity index (χ4v) is 3.43. The Hall–Kier alpha value is -1.16. The number of rotatable bonds is 4. The first-order chi connectivity index (χ1) is 9.75. The molecule has 6 nitrogen and oxygen atoms in total. The molecule has 0 aliphatic carbocycles. The second-order valence-electron chi connectivity index (χ2n) is 4.20. The Kier molecular flexibility index (Phi) is 4.57. The zero-order chi connectivity index (χ0) is 15.8. The molecular formula is C11H11BrClFN4O2S. The van der Waals surface area contributed by atoms with E-state index >= 15 is 0 Å². The Morgan fingerprint density at radius 2 is 2.24 bits per heavy atom. The molecular weight excluding hydrogens is 387 g/mol. The molecule has 0 aliphatic rings. The van der Waals surface area contributed by atoms with Crippen LogP contribution in [0.3, 0.4) is 0 Å². The van der Waals surface area contributed by atoms with E-state index in [1.54, 1.807) is 6.20 Å². The van der Waals surface area contributed by atoms with Gasteiger partial charge >= 0.3 is 0 Å². The number of halogens is 3. The molecule has 1 heterocycles. The summed E-state index contributed by atoms with van der Waals surface area (Å²) in [6, 6.07) is 1.02. The number of anilines is 1. The van der Waals surface area contributed by atoms with Gasteiger partial charge in [-0.05, 0) is 22.0 Å². The van der Waals surface area contributed by atoms with Crippen LogP contribution >= 0.6 is 27.5 Å². The summed E-state index contributed by atoms with van der Waals surface area (Å²) in [5.41, 5.74) is 5.15. The minimum Gasteiger partial charge on any atom is -0.395 e. The van der Waals surface area contributed by atoms with Gasteiger partial charge in [-0.25, -0.2) is 17.8 Å². The van der Waals surface area contributed by atoms with Crippen LogP contribution in [0.15, 0.2) is 27.8 Å². The average molecular weight is 398 g/mol. The van der Waals surface area contributed by atoms with Crippen molar-refractivity contribution in [1.82, 2.24) is 14.3 Å². The molecule has 2 aromatic rings. The first kappa shape index (κ1) is 16.2. The van der Waals surface area contributed by atoms with Crippen LogP contribution in [-0.2, 0) is 16.6 Å². The molecule has 3 N–H and O–H groups in total. The molecule has 10 heteroatoms. The average Bonchev–Trinajstić information content (AvgIpc) is 2.93. The van der Waals surface area contributed by atoms with Crippen molar-refractivity contribution in [2.75, 3.05) is 12.8 Å². The minimum atomic E-state index is -4.09. The number of nitrogens with zero attached hydrogens (tertiary/aromatic N) is 2. The number of imidazole rings is 1. The van der Waals surface area contributed by atoms with Gasteiger partial charge < -0.3 is 10.7 Å². The monoisotopic (exact) mass is 396 g/mol. The van der Waals surface area contributed by atoms with Gasteiger partial charge in [-0.2, -0.15) is 4.31 Å². The highest BCUT2D eigenvalue weighted by atomic mass is 79.9. The predicted octanol–water partition coefficient (Wildman–Crippen LogP) is 2.37. The van der Waals surface area contributed by atoms with E-state index in [9.17, 15) is 12.8 Å². The van der Waals surface area contributed by atoms with Crippen molar-refractivity contribution in [1.29, 1.82) is 0 Å². The lowest BCUT2D eigenvalue weighted by atomic mass is 10.3. The summed E-state index contributed by atoms with van der Waals surface area (Å²) in [6.45, 7) is -0.0393. The summed E-state index contributed by atoms with van der Waals surface area (Å²) in [4.78, 5) is 6.11. The zero-order valence-electron chi connectivity index (χ0n) is 10.8. The molecule has 1 aromatic carbocycles. The van der Waals surface area contributed by atoms with Crippen LogP contribution in [0, 0.1) is 5.82 Å². The molecule has 0 atom stereocenters. The van der Waals surface area contributed by atoms with E-state index in [0.29, 0.717) is 5.82 Å². The summed E-state index contributed by atoms with van der Waals surface area (Å²) in [5.74, 6) is -0.616. The van der Waals surface area contributed by atoms with E-state index in [2.05, 4.69) is 25.9 Å². The highest BCUT2D eigenvalue weighted by molar-refractivity contribution is 9.10. The Morgan fingerprint density at radius 3 is 2.81 bits per heavy atom. The molecule has 0 unspecified atom stereocenters. The Balaban J connectivity index is 2.44. The van der Waals surface area contributed by atoms with Crippen molar-refractivity contribution in [2.24, 2.45) is 0 Å². The lowest BCUT2D eigenvalue weighted by Gasteiger charge is -2.17. The summed E-state index contributed by atoms with van der Waals surface area (Å²) in [6.07, 6.45) is 3.05. The number of sulfonamides is 1. The maximum Gasteiger partial charge on any atom is 0.246 e. The summed E-state index contributed by atoms with van der Waals surface area (Å²) in [7, 11) is -2.79. The van der Waals surface area contributed by atoms with Crippen LogP contribution < -0.4 is 5.73 Å². The molecule has 2 rings (SSSR count). The maximum absolute atomic E-state index is 14.1. The lowest BCUT2D eigenvalue weighted by molar-refractivity contribution is 0.452. The number of aromatic nitrogens is 2. The second-order valence-corrected chi connectivity index (χ2v) is 7.41. The van der Waals surface area contributed by atoms with E-state index in [1.807, 2.05) is 0 Å². The highest BCUT2D eigenvalue weighted by Gasteiger charge is 2.28. The first-order valence-electron chi connectivity index (χ1n) is 5.62. The van der Waals surface area contributed by atoms with E-state index in [1.165, 1.54) is 13.2 Å². The molecule has 21 heavy (non-hydrogen) atoms. The van der Waals surface area contributed by atoms with Crippen LogP contribution in [0.2, 0.25) is 5.02 Å². The van der Waals surface area contributed by atoms with E-state index in [-0.39, 0.29) is 21.7 Å². The molecule has 0 saturated carbocycles. The number of benzene rings is 1. The number of nitrogen functional groups attached to an aromatic ring is 1. The topological polar surface area (TPSA) is 92.1 Å². The lowest BCUT2D eigenvalue weighted by Crippen LogP contribution is -2.28. The van der Waals surface area contributed by atoms with E-state index in [0.717, 1.165) is 10.4 Å². The third-order valence-corrected chi connectivity index (χ3v) is 5.96. The van der Waals surface area contributed by atoms with Gasteiger partial charge in [-0.15, -0.1) is 0 Å². The van der Waals surface area contributed by atoms with E-state index in [4.69, 9.17) is 17.3 Å². The quantitative estimate of drug-likeness (QED) is 0.612. The molecule has 0 aliphatic heterocycles. The molecule has 114 valence electrons. The molecule has 0 radical (unpaired) electrons. The minimum absolute atomic E-state index is 0.0128. The Bertz CT molecular complexity index is 767. The van der Waals surface area contributed by atoms with Gasteiger partial charge in [-0.1, -0.05) is 11.6 Å². The van der Waals surface area contributed by atoms with Crippen LogP contribution in [0.5, 0.6) is 0 Å². The smallest absolute Gasteiger partial charge is 0.246 e. The number of hydrogen-bond donors (Lipinski definition) is 2. The van der Waals surface area contributed by atoms with Crippen LogP contribution in [-0.4, -0.2) is 29.7 Å². The molecule has 1 aromatic heterocycles. The zero-order valence-corrected chi connectivity index (χ0v) is 13.9. The summed E-state index contributed by atoms with van der Waals surface area (Å²) < 4.78 is 40.0. The van der Waals surface area contributed by atoms with Crippen molar-refractivity contribution >= 4 is 43.2 Å². The van der Waals surface area contributed by atoms with Gasteiger partial charge in [0.05, 0.1) is 21.7 Å². The maximum atomic E-state index is 14.1. The molecule has 0 fully saturated rings. The molecule has 0 spiro atoms. The van der Waals surface area contributed by atoms with Gasteiger partial charge in [0.25, 0.3) is 0 Å². The third-order valence-electron chi connectivity index (χ3n) is 2.77. The van der Waals surface area contributed by atoms with Crippen LogP contribution in [0.1, 0.15) is 5.82 Å². The fourth-order valence-electron chi connectivity index (χ4n) is 1.64. The predicted molar refractivity (Wildman–Crippen MR) is 80.8 cm³/mol. The van der Waals surface area contributed by atoms with Crippen LogP contribution in [0.25, 0.3) is 0 Å². The first-order valence-corrected chi connectivity index (χ1v) is 8.23. The molecule has 0 amide bonds. The van der Waals surface area contributed by atoms with Crippen molar-refractivity contribution in [3.8, 4) is 0 Å². The highest BCUT2D eigenvalue weighted by Crippen LogP contribution is 2.35. The Morgan fingerprint density at radius 1 is 1.57 bits per heavy atom. The second kappa shape index (κ2) is 5.91. The summed E-state index contributed by atoms with van der Waals surface area (Å²) in [5, 5.41) is 0.0128.